The SMILES string of the molecule is CC1(C)CN(CCC(=O)Nc2c(Cl)cccc2Cl)CCO1. The highest BCUT2D eigenvalue weighted by molar-refractivity contribution is 6.39. The van der Waals surface area contributed by atoms with Crippen LogP contribution in [0.3, 0.4) is 0 Å². The van der Waals surface area contributed by atoms with Crippen LogP contribution < -0.4 is 5.32 Å². The maximum absolute atomic E-state index is 12.0. The summed E-state index contributed by atoms with van der Waals surface area (Å²) in [7, 11) is 0. The lowest BCUT2D eigenvalue weighted by Gasteiger charge is -2.38. The van der Waals surface area contributed by atoms with Crippen LogP contribution in [0.5, 0.6) is 0 Å². The highest BCUT2D eigenvalue weighted by Crippen LogP contribution is 2.29. The summed E-state index contributed by atoms with van der Waals surface area (Å²) in [6, 6.07) is 5.15. The number of carbonyl (C=O) groups is 1. The Morgan fingerprint density at radius 2 is 2.05 bits per heavy atom. The van der Waals surface area contributed by atoms with Gasteiger partial charge in [0, 0.05) is 26.1 Å². The molecule has 0 bridgehead atoms. The summed E-state index contributed by atoms with van der Waals surface area (Å²) in [5.74, 6) is -0.0886. The molecule has 1 saturated heterocycles. The minimum atomic E-state index is -0.152. The second-order valence-electron chi connectivity index (χ2n) is 5.78. The molecule has 1 fully saturated rings. The van der Waals surface area contributed by atoms with Crippen LogP contribution in [-0.4, -0.2) is 42.6 Å². The molecule has 0 spiro atoms. The van der Waals surface area contributed by atoms with Crippen molar-refractivity contribution in [1.29, 1.82) is 0 Å². The van der Waals surface area contributed by atoms with E-state index in [1.54, 1.807) is 18.2 Å². The van der Waals surface area contributed by atoms with Crippen LogP contribution in [0.1, 0.15) is 20.3 Å². The van der Waals surface area contributed by atoms with Crippen LogP contribution >= 0.6 is 23.2 Å². The third-order valence-corrected chi connectivity index (χ3v) is 4.02. The monoisotopic (exact) mass is 330 g/mol. The minimum absolute atomic E-state index is 0.0886. The fraction of sp³-hybridized carbons (Fsp3) is 0.533. The lowest BCUT2D eigenvalue weighted by Crippen LogP contribution is -2.48. The van der Waals surface area contributed by atoms with E-state index in [9.17, 15) is 4.79 Å². The first-order chi connectivity index (χ1) is 9.87. The number of halogens is 2. The third kappa shape index (κ3) is 4.85. The number of hydrogen-bond acceptors (Lipinski definition) is 3. The van der Waals surface area contributed by atoms with E-state index in [1.165, 1.54) is 0 Å². The van der Waals surface area contributed by atoms with Gasteiger partial charge in [0.15, 0.2) is 0 Å². The zero-order valence-electron chi connectivity index (χ0n) is 12.3. The summed E-state index contributed by atoms with van der Waals surface area (Å²) in [4.78, 5) is 14.3. The van der Waals surface area contributed by atoms with Crippen molar-refractivity contribution in [3.05, 3.63) is 28.2 Å². The lowest BCUT2D eigenvalue weighted by atomic mass is 10.1. The first kappa shape index (κ1) is 16.6. The van der Waals surface area contributed by atoms with Gasteiger partial charge in [-0.1, -0.05) is 29.3 Å². The van der Waals surface area contributed by atoms with Gasteiger partial charge in [-0.2, -0.15) is 0 Å². The molecule has 2 rings (SSSR count). The van der Waals surface area contributed by atoms with E-state index in [0.29, 0.717) is 35.3 Å². The number of carbonyl (C=O) groups excluding carboxylic acids is 1. The van der Waals surface area contributed by atoms with E-state index < -0.39 is 0 Å². The highest BCUT2D eigenvalue weighted by Gasteiger charge is 2.27. The van der Waals surface area contributed by atoms with Crippen molar-refractivity contribution in [2.45, 2.75) is 25.9 Å². The zero-order chi connectivity index (χ0) is 15.5. The van der Waals surface area contributed by atoms with Gasteiger partial charge < -0.3 is 10.1 Å². The first-order valence-corrected chi connectivity index (χ1v) is 7.73. The second-order valence-corrected chi connectivity index (χ2v) is 6.59. The lowest BCUT2D eigenvalue weighted by molar-refractivity contribution is -0.118. The van der Waals surface area contributed by atoms with Gasteiger partial charge >= 0.3 is 0 Å². The predicted octanol–water partition coefficient (Wildman–Crippen LogP) is 3.43. The molecule has 0 aliphatic carbocycles. The minimum Gasteiger partial charge on any atom is -0.373 e. The molecule has 0 unspecified atom stereocenters. The highest BCUT2D eigenvalue weighted by atomic mass is 35.5. The topological polar surface area (TPSA) is 41.6 Å². The molecule has 0 atom stereocenters. The molecule has 4 nitrogen and oxygen atoms in total. The fourth-order valence-corrected chi connectivity index (χ4v) is 2.88. The van der Waals surface area contributed by atoms with Gasteiger partial charge in [-0.25, -0.2) is 0 Å². The summed E-state index contributed by atoms with van der Waals surface area (Å²) in [6.07, 6.45) is 0.400. The Hall–Kier alpha value is -0.810. The van der Waals surface area contributed by atoms with E-state index in [-0.39, 0.29) is 11.5 Å². The smallest absolute Gasteiger partial charge is 0.225 e. The van der Waals surface area contributed by atoms with Crippen LogP contribution in [-0.2, 0) is 9.53 Å². The number of nitrogens with zero attached hydrogens (tertiary/aromatic N) is 1. The Labute approximate surface area is 135 Å². The van der Waals surface area contributed by atoms with E-state index in [2.05, 4.69) is 24.1 Å². The summed E-state index contributed by atoms with van der Waals surface area (Å²) in [5, 5.41) is 3.67. The van der Waals surface area contributed by atoms with E-state index >= 15 is 0 Å². The van der Waals surface area contributed by atoms with Crippen molar-refractivity contribution in [3.63, 3.8) is 0 Å². The second kappa shape index (κ2) is 6.97. The van der Waals surface area contributed by atoms with E-state index in [0.717, 1.165) is 13.1 Å². The van der Waals surface area contributed by atoms with Crippen LogP contribution in [0.2, 0.25) is 10.0 Å². The van der Waals surface area contributed by atoms with Crippen molar-refractivity contribution in [2.24, 2.45) is 0 Å². The maximum atomic E-state index is 12.0. The average molecular weight is 331 g/mol. The first-order valence-electron chi connectivity index (χ1n) is 6.97. The Bertz CT molecular complexity index is 500. The number of anilines is 1. The number of amides is 1. The van der Waals surface area contributed by atoms with Gasteiger partial charge in [-0.15, -0.1) is 0 Å². The number of nitrogens with one attached hydrogen (secondary N) is 1. The molecule has 1 aromatic rings. The molecule has 1 heterocycles. The third-order valence-electron chi connectivity index (χ3n) is 3.39. The number of para-hydroxylation sites is 1. The normalized spacial score (nSPS) is 18.5. The number of morpholine rings is 1. The van der Waals surface area contributed by atoms with Crippen LogP contribution in [0.15, 0.2) is 18.2 Å². The molecular weight excluding hydrogens is 311 g/mol. The summed E-state index contributed by atoms with van der Waals surface area (Å²) in [5.41, 5.74) is 0.328. The molecule has 0 aromatic heterocycles. The van der Waals surface area contributed by atoms with E-state index in [1.807, 2.05) is 0 Å². The summed E-state index contributed by atoms with van der Waals surface area (Å²) < 4.78 is 5.65. The molecule has 1 aliphatic rings. The fourth-order valence-electron chi connectivity index (χ4n) is 2.38. The zero-order valence-corrected chi connectivity index (χ0v) is 13.8. The van der Waals surface area contributed by atoms with Crippen LogP contribution in [0.4, 0.5) is 5.69 Å². The van der Waals surface area contributed by atoms with Crippen molar-refractivity contribution in [3.8, 4) is 0 Å². The Morgan fingerprint density at radius 1 is 1.38 bits per heavy atom. The average Bonchev–Trinajstić information content (AvgIpc) is 2.40. The summed E-state index contributed by atoms with van der Waals surface area (Å²) >= 11 is 12.1. The Balaban J connectivity index is 1.85. The standard InChI is InChI=1S/C15H20Cl2N2O2/c1-15(2)10-19(8-9-21-15)7-6-13(20)18-14-11(16)4-3-5-12(14)17/h3-5H,6-10H2,1-2H3,(H,18,20). The van der Waals surface area contributed by atoms with Crippen molar-refractivity contribution in [1.82, 2.24) is 4.90 Å². The predicted molar refractivity (Wildman–Crippen MR) is 86.2 cm³/mol. The molecule has 116 valence electrons. The largest absolute Gasteiger partial charge is 0.373 e. The van der Waals surface area contributed by atoms with Gasteiger partial charge in [-0.05, 0) is 26.0 Å². The number of rotatable bonds is 4. The molecule has 21 heavy (non-hydrogen) atoms. The molecule has 1 aromatic carbocycles. The molecule has 1 amide bonds. The molecule has 1 N–H and O–H groups in total. The number of ether oxygens (including phenoxy) is 1. The van der Waals surface area contributed by atoms with Crippen LogP contribution in [0.25, 0.3) is 0 Å². The molecule has 0 saturated carbocycles. The van der Waals surface area contributed by atoms with Crippen molar-refractivity contribution >= 4 is 34.8 Å². The van der Waals surface area contributed by atoms with E-state index in [4.69, 9.17) is 27.9 Å². The maximum Gasteiger partial charge on any atom is 0.225 e. The van der Waals surface area contributed by atoms with Gasteiger partial charge in [0.2, 0.25) is 5.91 Å². The van der Waals surface area contributed by atoms with Gasteiger partial charge in [0.1, 0.15) is 0 Å². The number of hydrogen-bond donors (Lipinski definition) is 1. The molecule has 1 aliphatic heterocycles. The van der Waals surface area contributed by atoms with Gasteiger partial charge in [-0.3, -0.25) is 9.69 Å². The number of benzene rings is 1. The Morgan fingerprint density at radius 3 is 2.67 bits per heavy atom. The molecule has 6 heteroatoms. The van der Waals surface area contributed by atoms with Gasteiger partial charge in [0.25, 0.3) is 0 Å². The van der Waals surface area contributed by atoms with Crippen LogP contribution in [0, 0.1) is 0 Å². The Kier molecular flexibility index (Phi) is 5.49. The van der Waals surface area contributed by atoms with Gasteiger partial charge in [0.05, 0.1) is 27.9 Å². The van der Waals surface area contributed by atoms with Crippen molar-refractivity contribution in [2.75, 3.05) is 31.6 Å². The quantitative estimate of drug-likeness (QED) is 0.919. The molecule has 0 radical (unpaired) electrons. The summed E-state index contributed by atoms with van der Waals surface area (Å²) in [6.45, 7) is 7.19. The molecular formula is C15H20Cl2N2O2. The van der Waals surface area contributed by atoms with Crippen molar-refractivity contribution < 1.29 is 9.53 Å².